The minimum Gasteiger partial charge on any atom is -0.478 e. The molecule has 4 nitrogen and oxygen atoms in total. The first kappa shape index (κ1) is 18.4. The SMILES string of the molecule is O=C(O)c1ccccc1C1CCN(C(=O)c2cc(C(F)(F)F)cs2)CC1. The predicted octanol–water partition coefficient (Wildman–Crippen LogP) is 4.48. The molecule has 2 aromatic rings. The first-order chi connectivity index (χ1) is 12.3. The lowest BCUT2D eigenvalue weighted by atomic mass is 9.86. The molecule has 1 aromatic carbocycles. The van der Waals surface area contributed by atoms with Crippen molar-refractivity contribution < 1.29 is 27.9 Å². The van der Waals surface area contributed by atoms with Crippen molar-refractivity contribution in [2.24, 2.45) is 0 Å². The number of hydrogen-bond acceptors (Lipinski definition) is 3. The van der Waals surface area contributed by atoms with Gasteiger partial charge in [-0.2, -0.15) is 13.2 Å². The highest BCUT2D eigenvalue weighted by molar-refractivity contribution is 7.12. The van der Waals surface area contributed by atoms with Gasteiger partial charge in [-0.15, -0.1) is 11.3 Å². The standard InChI is InChI=1S/C18H16F3NO3S/c19-18(20,21)12-9-15(26-10-12)16(23)22-7-5-11(6-8-22)13-3-1-2-4-14(13)17(24)25/h1-4,9-11H,5-8H2,(H,24,25). The third kappa shape index (κ3) is 3.75. The lowest BCUT2D eigenvalue weighted by molar-refractivity contribution is -0.137. The second-order valence-electron chi connectivity index (χ2n) is 6.16. The van der Waals surface area contributed by atoms with Gasteiger partial charge in [0.05, 0.1) is 16.0 Å². The Morgan fingerprint density at radius 3 is 2.38 bits per heavy atom. The summed E-state index contributed by atoms with van der Waals surface area (Å²) >= 11 is 0.793. The number of thiophene rings is 1. The maximum Gasteiger partial charge on any atom is 0.417 e. The summed E-state index contributed by atoms with van der Waals surface area (Å²) in [6.45, 7) is 0.771. The molecule has 0 unspecified atom stereocenters. The maximum absolute atomic E-state index is 12.7. The summed E-state index contributed by atoms with van der Waals surface area (Å²) in [5, 5.41) is 10.2. The second kappa shape index (κ2) is 7.11. The van der Waals surface area contributed by atoms with E-state index in [1.54, 1.807) is 24.3 Å². The van der Waals surface area contributed by atoms with E-state index in [4.69, 9.17) is 0 Å². The van der Waals surface area contributed by atoms with Crippen LogP contribution in [0.2, 0.25) is 0 Å². The van der Waals surface area contributed by atoms with Crippen molar-refractivity contribution in [3.8, 4) is 0 Å². The predicted molar refractivity (Wildman–Crippen MR) is 90.6 cm³/mol. The van der Waals surface area contributed by atoms with Crippen LogP contribution >= 0.6 is 11.3 Å². The molecule has 0 bridgehead atoms. The molecule has 1 saturated heterocycles. The van der Waals surface area contributed by atoms with Gasteiger partial charge in [-0.05, 0) is 36.5 Å². The van der Waals surface area contributed by atoms with Crippen molar-refractivity contribution >= 4 is 23.2 Å². The summed E-state index contributed by atoms with van der Waals surface area (Å²) in [6.07, 6.45) is -3.30. The molecule has 8 heteroatoms. The molecule has 1 amide bonds. The monoisotopic (exact) mass is 383 g/mol. The molecule has 1 aromatic heterocycles. The van der Waals surface area contributed by atoms with Crippen molar-refractivity contribution in [1.82, 2.24) is 4.90 Å². The van der Waals surface area contributed by atoms with Crippen LogP contribution in [0.25, 0.3) is 0 Å². The number of rotatable bonds is 3. The fourth-order valence-electron chi connectivity index (χ4n) is 3.19. The highest BCUT2D eigenvalue weighted by Crippen LogP contribution is 2.34. The van der Waals surface area contributed by atoms with Gasteiger partial charge in [-0.3, -0.25) is 4.79 Å². The van der Waals surface area contributed by atoms with Crippen LogP contribution in [0, 0.1) is 0 Å². The maximum atomic E-state index is 12.7. The normalized spacial score (nSPS) is 15.9. The molecule has 138 valence electrons. The fourth-order valence-corrected chi connectivity index (χ4v) is 4.07. The average molecular weight is 383 g/mol. The van der Waals surface area contributed by atoms with Gasteiger partial charge in [0.1, 0.15) is 0 Å². The number of hydrogen-bond donors (Lipinski definition) is 1. The molecule has 0 saturated carbocycles. The highest BCUT2D eigenvalue weighted by atomic mass is 32.1. The van der Waals surface area contributed by atoms with Gasteiger partial charge in [-0.1, -0.05) is 18.2 Å². The van der Waals surface area contributed by atoms with Crippen LogP contribution < -0.4 is 0 Å². The van der Waals surface area contributed by atoms with Crippen LogP contribution in [0.5, 0.6) is 0 Å². The molecular weight excluding hydrogens is 367 g/mol. The Morgan fingerprint density at radius 2 is 1.81 bits per heavy atom. The summed E-state index contributed by atoms with van der Waals surface area (Å²) in [4.78, 5) is 25.4. The Labute approximate surface area is 151 Å². The fraction of sp³-hybridized carbons (Fsp3) is 0.333. The minimum absolute atomic E-state index is 0.0143. The summed E-state index contributed by atoms with van der Waals surface area (Å²) in [5.41, 5.74) is 0.184. The first-order valence-electron chi connectivity index (χ1n) is 8.04. The molecule has 0 atom stereocenters. The van der Waals surface area contributed by atoms with E-state index in [1.165, 1.54) is 4.90 Å². The number of halogens is 3. The molecule has 0 spiro atoms. The van der Waals surface area contributed by atoms with Gasteiger partial charge in [0.2, 0.25) is 0 Å². The van der Waals surface area contributed by atoms with Gasteiger partial charge >= 0.3 is 12.1 Å². The number of carboxylic acid groups (broad SMARTS) is 1. The van der Waals surface area contributed by atoms with Crippen LogP contribution in [0.15, 0.2) is 35.7 Å². The van der Waals surface area contributed by atoms with E-state index in [-0.39, 0.29) is 16.4 Å². The Hall–Kier alpha value is -2.35. The molecule has 1 N–H and O–H groups in total. The van der Waals surface area contributed by atoms with E-state index in [0.29, 0.717) is 25.9 Å². The van der Waals surface area contributed by atoms with Gasteiger partial charge in [0.25, 0.3) is 5.91 Å². The molecule has 1 aliphatic rings. The number of alkyl halides is 3. The number of benzene rings is 1. The number of carbonyl (C=O) groups excluding carboxylic acids is 1. The zero-order valence-corrected chi connectivity index (χ0v) is 14.4. The average Bonchev–Trinajstić information content (AvgIpc) is 3.12. The zero-order chi connectivity index (χ0) is 18.9. The third-order valence-corrected chi connectivity index (χ3v) is 5.47. The number of nitrogens with zero attached hydrogens (tertiary/aromatic N) is 1. The molecule has 0 aliphatic carbocycles. The van der Waals surface area contributed by atoms with Crippen LogP contribution in [0.1, 0.15) is 49.9 Å². The van der Waals surface area contributed by atoms with E-state index in [0.717, 1.165) is 28.3 Å². The topological polar surface area (TPSA) is 57.6 Å². The molecular formula is C18H16F3NO3S. The second-order valence-corrected chi connectivity index (χ2v) is 7.07. The molecule has 3 rings (SSSR count). The quantitative estimate of drug-likeness (QED) is 0.850. The van der Waals surface area contributed by atoms with Crippen LogP contribution in [0.3, 0.4) is 0 Å². The lowest BCUT2D eigenvalue weighted by Gasteiger charge is -2.32. The molecule has 0 radical (unpaired) electrons. The number of likely N-dealkylation sites (tertiary alicyclic amines) is 1. The Balaban J connectivity index is 1.68. The molecule has 1 fully saturated rings. The van der Waals surface area contributed by atoms with E-state index in [9.17, 15) is 27.9 Å². The lowest BCUT2D eigenvalue weighted by Crippen LogP contribution is -2.37. The summed E-state index contributed by atoms with van der Waals surface area (Å²) < 4.78 is 38.0. The zero-order valence-electron chi connectivity index (χ0n) is 13.6. The van der Waals surface area contributed by atoms with E-state index >= 15 is 0 Å². The van der Waals surface area contributed by atoms with Gasteiger partial charge in [0.15, 0.2) is 0 Å². The summed E-state index contributed by atoms with van der Waals surface area (Å²) in [6, 6.07) is 7.67. The van der Waals surface area contributed by atoms with Crippen molar-refractivity contribution in [2.75, 3.05) is 13.1 Å². The van der Waals surface area contributed by atoms with Gasteiger partial charge in [-0.25, -0.2) is 4.79 Å². The van der Waals surface area contributed by atoms with Crippen molar-refractivity contribution in [3.63, 3.8) is 0 Å². The van der Waals surface area contributed by atoms with Gasteiger partial charge < -0.3 is 10.0 Å². The number of amides is 1. The van der Waals surface area contributed by atoms with Crippen LogP contribution in [-0.4, -0.2) is 35.0 Å². The van der Waals surface area contributed by atoms with Crippen LogP contribution in [-0.2, 0) is 6.18 Å². The Morgan fingerprint density at radius 1 is 1.15 bits per heavy atom. The third-order valence-electron chi connectivity index (χ3n) is 4.55. The van der Waals surface area contributed by atoms with E-state index < -0.39 is 23.6 Å². The smallest absolute Gasteiger partial charge is 0.417 e. The van der Waals surface area contributed by atoms with Gasteiger partial charge in [0, 0.05) is 18.5 Å². The summed E-state index contributed by atoms with van der Waals surface area (Å²) in [7, 11) is 0. The molecule has 2 heterocycles. The Kier molecular flexibility index (Phi) is 5.04. The molecule has 1 aliphatic heterocycles. The van der Waals surface area contributed by atoms with E-state index in [1.807, 2.05) is 0 Å². The van der Waals surface area contributed by atoms with Crippen LogP contribution in [0.4, 0.5) is 13.2 Å². The number of aromatic carboxylic acids is 1. The van der Waals surface area contributed by atoms with Crippen molar-refractivity contribution in [2.45, 2.75) is 24.9 Å². The highest BCUT2D eigenvalue weighted by Gasteiger charge is 2.33. The summed E-state index contributed by atoms with van der Waals surface area (Å²) in [5.74, 6) is -1.38. The minimum atomic E-state index is -4.46. The number of carbonyl (C=O) groups is 2. The van der Waals surface area contributed by atoms with E-state index in [2.05, 4.69) is 0 Å². The molecule has 26 heavy (non-hydrogen) atoms. The number of carboxylic acids is 1. The Bertz CT molecular complexity index is 823. The van der Waals surface area contributed by atoms with Crippen molar-refractivity contribution in [3.05, 3.63) is 57.3 Å². The largest absolute Gasteiger partial charge is 0.478 e. The van der Waals surface area contributed by atoms with Crippen molar-refractivity contribution in [1.29, 1.82) is 0 Å². The first-order valence-corrected chi connectivity index (χ1v) is 8.92. The number of piperidine rings is 1.